The number of rotatable bonds is 5. The van der Waals surface area contributed by atoms with E-state index in [1.165, 1.54) is 12.1 Å². The van der Waals surface area contributed by atoms with E-state index in [-0.39, 0.29) is 17.3 Å². The van der Waals surface area contributed by atoms with Crippen molar-refractivity contribution in [1.82, 2.24) is 15.5 Å². The number of aliphatic hydroxyl groups is 1. The van der Waals surface area contributed by atoms with E-state index in [0.29, 0.717) is 6.41 Å². The molecule has 0 aliphatic carbocycles. The van der Waals surface area contributed by atoms with E-state index in [9.17, 15) is 18.0 Å². The van der Waals surface area contributed by atoms with E-state index in [1.54, 1.807) is 0 Å². The molecule has 2 aromatic rings. The van der Waals surface area contributed by atoms with Crippen molar-refractivity contribution in [2.75, 3.05) is 6.61 Å². The number of aromatic nitrogens is 2. The highest BCUT2D eigenvalue weighted by molar-refractivity contribution is 5.56. The highest BCUT2D eigenvalue weighted by atomic mass is 19.4. The molecule has 0 fully saturated rings. The molecule has 6 nitrogen and oxygen atoms in total. The van der Waals surface area contributed by atoms with Gasteiger partial charge in [-0.2, -0.15) is 18.2 Å². The molecule has 112 valence electrons. The van der Waals surface area contributed by atoms with Crippen LogP contribution in [0.3, 0.4) is 0 Å². The minimum Gasteiger partial charge on any atom is -0.394 e. The quantitative estimate of drug-likeness (QED) is 0.818. The number of hydrogen-bond acceptors (Lipinski definition) is 5. The second-order valence-electron chi connectivity index (χ2n) is 4.05. The molecule has 2 N–H and O–H groups in total. The Kier molecular flexibility index (Phi) is 4.22. The molecule has 0 aliphatic rings. The fourth-order valence-electron chi connectivity index (χ4n) is 1.61. The third-order valence-corrected chi connectivity index (χ3v) is 2.64. The van der Waals surface area contributed by atoms with Gasteiger partial charge in [0.25, 0.3) is 5.89 Å². The molecule has 0 saturated heterocycles. The second-order valence-corrected chi connectivity index (χ2v) is 4.05. The molecule has 1 heterocycles. The van der Waals surface area contributed by atoms with Crippen LogP contribution >= 0.6 is 0 Å². The summed E-state index contributed by atoms with van der Waals surface area (Å²) in [6, 6.07) is 3.52. The number of carbonyl (C=O) groups excluding carboxylic acids is 1. The van der Waals surface area contributed by atoms with Gasteiger partial charge in [0.15, 0.2) is 0 Å². The summed E-state index contributed by atoms with van der Waals surface area (Å²) >= 11 is 0. The van der Waals surface area contributed by atoms with Crippen LogP contribution in [0.1, 0.15) is 17.5 Å². The zero-order chi connectivity index (χ0) is 15.5. The van der Waals surface area contributed by atoms with Crippen molar-refractivity contribution in [3.05, 3.63) is 35.7 Å². The van der Waals surface area contributed by atoms with E-state index in [4.69, 9.17) is 9.63 Å². The number of nitrogens with one attached hydrogen (secondary N) is 1. The number of aliphatic hydroxyl groups excluding tert-OH is 1. The Labute approximate surface area is 116 Å². The van der Waals surface area contributed by atoms with Gasteiger partial charge in [-0.25, -0.2) is 0 Å². The standard InChI is InChI=1S/C12H10F3N3O3/c13-12(14,15)8-3-1-2-7(4-8)10-17-11(21-18-10)9(5-19)16-6-20/h1-4,6,9,19H,5H2,(H,16,20). The summed E-state index contributed by atoms with van der Waals surface area (Å²) in [6.07, 6.45) is -4.13. The van der Waals surface area contributed by atoms with Crippen molar-refractivity contribution in [2.24, 2.45) is 0 Å². The van der Waals surface area contributed by atoms with Gasteiger partial charge >= 0.3 is 6.18 Å². The lowest BCUT2D eigenvalue weighted by atomic mass is 10.1. The fourth-order valence-corrected chi connectivity index (χ4v) is 1.61. The molecule has 1 unspecified atom stereocenters. The van der Waals surface area contributed by atoms with E-state index < -0.39 is 24.4 Å². The fraction of sp³-hybridized carbons (Fsp3) is 0.250. The molecule has 0 saturated carbocycles. The van der Waals surface area contributed by atoms with Crippen molar-refractivity contribution in [3.8, 4) is 11.4 Å². The summed E-state index contributed by atoms with van der Waals surface area (Å²) in [7, 11) is 0. The van der Waals surface area contributed by atoms with Crippen molar-refractivity contribution in [2.45, 2.75) is 12.2 Å². The molecular formula is C12H10F3N3O3. The Morgan fingerprint density at radius 2 is 2.19 bits per heavy atom. The number of benzene rings is 1. The molecule has 1 aromatic heterocycles. The average molecular weight is 301 g/mol. The Bertz CT molecular complexity index is 627. The zero-order valence-corrected chi connectivity index (χ0v) is 10.5. The Morgan fingerprint density at radius 3 is 2.81 bits per heavy atom. The van der Waals surface area contributed by atoms with Crippen LogP contribution in [0.4, 0.5) is 13.2 Å². The predicted molar refractivity (Wildman–Crippen MR) is 63.8 cm³/mol. The summed E-state index contributed by atoms with van der Waals surface area (Å²) in [5, 5.41) is 14.8. The first-order chi connectivity index (χ1) is 9.95. The summed E-state index contributed by atoms with van der Waals surface area (Å²) in [4.78, 5) is 14.2. The van der Waals surface area contributed by atoms with Crippen molar-refractivity contribution in [3.63, 3.8) is 0 Å². The number of alkyl halides is 3. The van der Waals surface area contributed by atoms with Crippen LogP contribution in [0.15, 0.2) is 28.8 Å². The summed E-state index contributed by atoms with van der Waals surface area (Å²) in [5.74, 6) is -0.167. The normalized spacial score (nSPS) is 13.0. The smallest absolute Gasteiger partial charge is 0.394 e. The van der Waals surface area contributed by atoms with E-state index in [1.807, 2.05) is 0 Å². The third-order valence-electron chi connectivity index (χ3n) is 2.64. The number of nitrogens with zero attached hydrogens (tertiary/aromatic N) is 2. The minimum atomic E-state index is -4.48. The van der Waals surface area contributed by atoms with Crippen LogP contribution in [0.2, 0.25) is 0 Å². The van der Waals surface area contributed by atoms with Crippen LogP contribution in [0.5, 0.6) is 0 Å². The van der Waals surface area contributed by atoms with Crippen LogP contribution in [0, 0.1) is 0 Å². The monoisotopic (exact) mass is 301 g/mol. The Balaban J connectivity index is 2.31. The van der Waals surface area contributed by atoms with E-state index >= 15 is 0 Å². The maximum absolute atomic E-state index is 12.6. The molecule has 1 amide bonds. The Morgan fingerprint density at radius 1 is 1.43 bits per heavy atom. The first-order valence-electron chi connectivity index (χ1n) is 5.77. The first-order valence-corrected chi connectivity index (χ1v) is 5.77. The van der Waals surface area contributed by atoms with Crippen molar-refractivity contribution >= 4 is 6.41 Å². The molecule has 0 spiro atoms. The lowest BCUT2D eigenvalue weighted by molar-refractivity contribution is -0.137. The molecular weight excluding hydrogens is 291 g/mol. The molecule has 1 aromatic carbocycles. The second kappa shape index (κ2) is 5.92. The maximum Gasteiger partial charge on any atom is 0.416 e. The predicted octanol–water partition coefficient (Wildman–Crippen LogP) is 1.53. The largest absolute Gasteiger partial charge is 0.416 e. The average Bonchev–Trinajstić information content (AvgIpc) is 2.93. The number of halogens is 3. The van der Waals surface area contributed by atoms with Crippen LogP contribution < -0.4 is 5.32 Å². The molecule has 0 bridgehead atoms. The highest BCUT2D eigenvalue weighted by Gasteiger charge is 2.31. The van der Waals surface area contributed by atoms with E-state index in [2.05, 4.69) is 15.5 Å². The van der Waals surface area contributed by atoms with Gasteiger partial charge in [-0.3, -0.25) is 4.79 Å². The Hall–Kier alpha value is -2.42. The maximum atomic E-state index is 12.6. The number of amides is 1. The van der Waals surface area contributed by atoms with Crippen molar-refractivity contribution < 1.29 is 27.6 Å². The van der Waals surface area contributed by atoms with Gasteiger partial charge in [0.05, 0.1) is 12.2 Å². The van der Waals surface area contributed by atoms with E-state index in [0.717, 1.165) is 12.1 Å². The van der Waals surface area contributed by atoms with Gasteiger partial charge in [0, 0.05) is 5.56 Å². The topological polar surface area (TPSA) is 88.2 Å². The molecule has 0 radical (unpaired) electrons. The zero-order valence-electron chi connectivity index (χ0n) is 10.5. The summed E-state index contributed by atoms with van der Waals surface area (Å²) < 4.78 is 42.7. The molecule has 1 atom stereocenters. The molecule has 21 heavy (non-hydrogen) atoms. The molecule has 2 rings (SSSR count). The van der Waals surface area contributed by atoms with Crippen molar-refractivity contribution in [1.29, 1.82) is 0 Å². The lowest BCUT2D eigenvalue weighted by Crippen LogP contribution is -2.23. The third kappa shape index (κ3) is 3.37. The lowest BCUT2D eigenvalue weighted by Gasteiger charge is -2.07. The van der Waals surface area contributed by atoms with Crippen LogP contribution in [0.25, 0.3) is 11.4 Å². The number of carbonyl (C=O) groups is 1. The van der Waals surface area contributed by atoms with Gasteiger partial charge in [-0.05, 0) is 12.1 Å². The minimum absolute atomic E-state index is 0.0674. The highest BCUT2D eigenvalue weighted by Crippen LogP contribution is 2.31. The molecule has 0 aliphatic heterocycles. The molecule has 9 heteroatoms. The van der Waals surface area contributed by atoms with Gasteiger partial charge in [0.2, 0.25) is 12.2 Å². The SMILES string of the molecule is O=CNC(CO)c1nc(-c2cccc(C(F)(F)F)c2)no1. The van der Waals surface area contributed by atoms with Gasteiger partial charge in [0.1, 0.15) is 6.04 Å². The first kappa shape index (κ1) is 15.0. The van der Waals surface area contributed by atoms with Gasteiger partial charge < -0.3 is 14.9 Å². The summed E-state index contributed by atoms with van der Waals surface area (Å²) in [6.45, 7) is -0.483. The van der Waals surface area contributed by atoms with Gasteiger partial charge in [-0.1, -0.05) is 17.3 Å². The van der Waals surface area contributed by atoms with Crippen LogP contribution in [-0.2, 0) is 11.0 Å². The number of hydrogen-bond donors (Lipinski definition) is 2. The van der Waals surface area contributed by atoms with Crippen LogP contribution in [-0.4, -0.2) is 28.3 Å². The van der Waals surface area contributed by atoms with Gasteiger partial charge in [-0.15, -0.1) is 0 Å². The summed E-state index contributed by atoms with van der Waals surface area (Å²) in [5.41, 5.74) is -0.723.